The molecule has 0 radical (unpaired) electrons. The highest BCUT2D eigenvalue weighted by molar-refractivity contribution is 5.90. The fourth-order valence-corrected chi connectivity index (χ4v) is 6.33. The first-order chi connectivity index (χ1) is 16.1. The molecular formula is C28H32O6. The number of allylic oxidation sites excluding steroid dienone is 1. The lowest BCUT2D eigenvalue weighted by Crippen LogP contribution is -2.54. The van der Waals surface area contributed by atoms with Crippen molar-refractivity contribution in [2.24, 2.45) is 22.7 Å². The van der Waals surface area contributed by atoms with Crippen LogP contribution in [-0.4, -0.2) is 28.3 Å². The molecule has 0 unspecified atom stereocenters. The number of rotatable bonds is 7. The lowest BCUT2D eigenvalue weighted by Gasteiger charge is -2.58. The van der Waals surface area contributed by atoms with Gasteiger partial charge in [0.1, 0.15) is 5.76 Å². The highest BCUT2D eigenvalue weighted by Gasteiger charge is 2.58. The number of aliphatic carboxylic acids is 1. The molecule has 4 rings (SSSR count). The van der Waals surface area contributed by atoms with Gasteiger partial charge in [0.25, 0.3) is 0 Å². The summed E-state index contributed by atoms with van der Waals surface area (Å²) in [6.07, 6.45) is 7.13. The first kappa shape index (κ1) is 24.0. The highest BCUT2D eigenvalue weighted by Crippen LogP contribution is 2.63. The summed E-state index contributed by atoms with van der Waals surface area (Å²) >= 11 is 0. The standard InChI is InChI=1S/C28H32O6/c1-18(34-26(32)20-7-5-4-6-8-20)22-10-13-28(3)23(25(30)31)15-21(29)16-24(28)27(22,2)12-9-19-11-14-33-17-19/h4-8,11,14-15,17,21-22,24,29H,1,9-10,12-13,16H2,2-3H3,(H,30,31)/t21-,22-,24+,27-,28-/m0/s1. The van der Waals surface area contributed by atoms with Gasteiger partial charge in [-0.1, -0.05) is 38.6 Å². The largest absolute Gasteiger partial charge is 0.478 e. The van der Waals surface area contributed by atoms with E-state index in [1.54, 1.807) is 36.8 Å². The molecule has 180 valence electrons. The van der Waals surface area contributed by atoms with E-state index in [0.717, 1.165) is 12.0 Å². The van der Waals surface area contributed by atoms with Crippen molar-refractivity contribution in [3.05, 3.63) is 84.0 Å². The third-order valence-electron chi connectivity index (χ3n) is 8.15. The lowest BCUT2D eigenvalue weighted by atomic mass is 9.46. The fourth-order valence-electron chi connectivity index (χ4n) is 6.33. The average Bonchev–Trinajstić information content (AvgIpc) is 3.33. The van der Waals surface area contributed by atoms with Crippen LogP contribution in [0.4, 0.5) is 0 Å². The molecule has 6 heteroatoms. The van der Waals surface area contributed by atoms with Gasteiger partial charge in [0.2, 0.25) is 0 Å². The molecule has 2 N–H and O–H groups in total. The molecule has 2 aliphatic carbocycles. The van der Waals surface area contributed by atoms with Crippen LogP contribution in [0, 0.1) is 22.7 Å². The molecular weight excluding hydrogens is 432 g/mol. The van der Waals surface area contributed by atoms with Crippen molar-refractivity contribution < 1.29 is 29.0 Å². The number of carboxylic acid groups (broad SMARTS) is 1. The molecule has 0 amide bonds. The first-order valence-electron chi connectivity index (χ1n) is 11.8. The van der Waals surface area contributed by atoms with Crippen LogP contribution < -0.4 is 0 Å². The first-order valence-corrected chi connectivity index (χ1v) is 11.8. The number of ether oxygens (including phenoxy) is 1. The van der Waals surface area contributed by atoms with E-state index < -0.39 is 28.9 Å². The molecule has 1 aromatic heterocycles. The van der Waals surface area contributed by atoms with Gasteiger partial charge >= 0.3 is 11.9 Å². The molecule has 1 heterocycles. The number of aliphatic hydroxyl groups excluding tert-OH is 1. The van der Waals surface area contributed by atoms with Crippen molar-refractivity contribution in [1.29, 1.82) is 0 Å². The minimum atomic E-state index is -0.990. The Labute approximate surface area is 199 Å². The molecule has 0 saturated heterocycles. The average molecular weight is 465 g/mol. The molecule has 2 aromatic rings. The molecule has 1 aromatic carbocycles. The van der Waals surface area contributed by atoms with Gasteiger partial charge in [-0.25, -0.2) is 9.59 Å². The van der Waals surface area contributed by atoms with Gasteiger partial charge in [-0.15, -0.1) is 0 Å². The van der Waals surface area contributed by atoms with E-state index in [2.05, 4.69) is 13.5 Å². The van der Waals surface area contributed by atoms with Gasteiger partial charge in [0.05, 0.1) is 24.2 Å². The summed E-state index contributed by atoms with van der Waals surface area (Å²) in [6.45, 7) is 8.28. The van der Waals surface area contributed by atoms with Crippen molar-refractivity contribution in [2.45, 2.75) is 52.1 Å². The summed E-state index contributed by atoms with van der Waals surface area (Å²) < 4.78 is 11.0. The van der Waals surface area contributed by atoms with E-state index >= 15 is 0 Å². The zero-order valence-electron chi connectivity index (χ0n) is 19.7. The molecule has 34 heavy (non-hydrogen) atoms. The number of hydrogen-bond acceptors (Lipinski definition) is 5. The van der Waals surface area contributed by atoms with E-state index in [9.17, 15) is 19.8 Å². The van der Waals surface area contributed by atoms with Crippen LogP contribution in [0.2, 0.25) is 0 Å². The lowest BCUT2D eigenvalue weighted by molar-refractivity contribution is -0.138. The van der Waals surface area contributed by atoms with E-state index in [1.165, 1.54) is 6.08 Å². The second-order valence-electron chi connectivity index (χ2n) is 10.1. The number of esters is 1. The van der Waals surface area contributed by atoms with Gasteiger partial charge in [-0.3, -0.25) is 0 Å². The summed E-state index contributed by atoms with van der Waals surface area (Å²) in [5.74, 6) is -1.36. The number of hydrogen-bond donors (Lipinski definition) is 2. The molecule has 1 saturated carbocycles. The van der Waals surface area contributed by atoms with Crippen molar-refractivity contribution in [3.8, 4) is 0 Å². The number of aryl methyl sites for hydroxylation is 1. The third-order valence-corrected chi connectivity index (χ3v) is 8.15. The van der Waals surface area contributed by atoms with Crippen LogP contribution in [0.25, 0.3) is 0 Å². The molecule has 0 spiro atoms. The number of fused-ring (bicyclic) bond motifs is 1. The highest BCUT2D eigenvalue weighted by atomic mass is 16.5. The third kappa shape index (κ3) is 4.34. The smallest absolute Gasteiger partial charge is 0.343 e. The number of furan rings is 1. The van der Waals surface area contributed by atoms with Gasteiger partial charge in [0, 0.05) is 16.9 Å². The monoisotopic (exact) mass is 464 g/mol. The van der Waals surface area contributed by atoms with Crippen molar-refractivity contribution in [2.75, 3.05) is 0 Å². The van der Waals surface area contributed by atoms with Gasteiger partial charge < -0.3 is 19.4 Å². The van der Waals surface area contributed by atoms with E-state index in [4.69, 9.17) is 9.15 Å². The van der Waals surface area contributed by atoms with Crippen LogP contribution in [0.15, 0.2) is 77.3 Å². The number of carboxylic acids is 1. The van der Waals surface area contributed by atoms with Crippen molar-refractivity contribution >= 4 is 11.9 Å². The van der Waals surface area contributed by atoms with E-state index in [1.807, 2.05) is 19.1 Å². The predicted molar refractivity (Wildman–Crippen MR) is 127 cm³/mol. The normalized spacial score (nSPS) is 30.7. The van der Waals surface area contributed by atoms with Crippen LogP contribution in [0.3, 0.4) is 0 Å². The summed E-state index contributed by atoms with van der Waals surface area (Å²) in [5.41, 5.74) is 0.708. The molecule has 0 bridgehead atoms. The zero-order valence-corrected chi connectivity index (χ0v) is 19.7. The Hall–Kier alpha value is -3.12. The number of carbonyl (C=O) groups excluding carboxylic acids is 1. The molecule has 2 aliphatic rings. The number of carbonyl (C=O) groups is 2. The Kier molecular flexibility index (Phi) is 6.54. The minimum absolute atomic E-state index is 0.135. The Balaban J connectivity index is 1.67. The van der Waals surface area contributed by atoms with Crippen molar-refractivity contribution in [1.82, 2.24) is 0 Å². The maximum absolute atomic E-state index is 12.8. The van der Waals surface area contributed by atoms with Crippen LogP contribution in [0.1, 0.15) is 55.5 Å². The Morgan fingerprint density at radius 1 is 1.21 bits per heavy atom. The maximum Gasteiger partial charge on any atom is 0.343 e. The zero-order chi connectivity index (χ0) is 24.5. The van der Waals surface area contributed by atoms with Crippen LogP contribution in [-0.2, 0) is 16.0 Å². The molecule has 1 fully saturated rings. The second-order valence-corrected chi connectivity index (χ2v) is 10.1. The van der Waals surface area contributed by atoms with Crippen LogP contribution in [0.5, 0.6) is 0 Å². The molecule has 6 nitrogen and oxygen atoms in total. The van der Waals surface area contributed by atoms with Gasteiger partial charge in [0.15, 0.2) is 0 Å². The Bertz CT molecular complexity index is 1090. The maximum atomic E-state index is 12.8. The molecule has 5 atom stereocenters. The quantitative estimate of drug-likeness (QED) is 0.421. The number of aliphatic hydroxyl groups is 1. The van der Waals surface area contributed by atoms with Crippen molar-refractivity contribution in [3.63, 3.8) is 0 Å². The topological polar surface area (TPSA) is 97.0 Å². The number of benzene rings is 1. The van der Waals surface area contributed by atoms with E-state index in [-0.39, 0.29) is 17.4 Å². The summed E-state index contributed by atoms with van der Waals surface area (Å²) in [6, 6.07) is 10.7. The Morgan fingerprint density at radius 3 is 2.59 bits per heavy atom. The minimum Gasteiger partial charge on any atom is -0.478 e. The molecule has 0 aliphatic heterocycles. The predicted octanol–water partition coefficient (Wildman–Crippen LogP) is 5.40. The fraction of sp³-hybridized carbons (Fsp3) is 0.429. The van der Waals surface area contributed by atoms with Gasteiger partial charge in [-0.05, 0) is 73.3 Å². The van der Waals surface area contributed by atoms with Gasteiger partial charge in [-0.2, -0.15) is 0 Å². The van der Waals surface area contributed by atoms with E-state index in [0.29, 0.717) is 37.0 Å². The van der Waals surface area contributed by atoms with Crippen LogP contribution >= 0.6 is 0 Å². The second kappa shape index (κ2) is 9.26. The summed E-state index contributed by atoms with van der Waals surface area (Å²) in [5, 5.41) is 20.6. The SMILES string of the molecule is C=C(OC(=O)c1ccccc1)[C@@H]1CC[C@@]2(C)C(C(=O)O)=C[C@H](O)C[C@@H]2[C@@]1(C)CCc1ccoc1. The Morgan fingerprint density at radius 2 is 1.94 bits per heavy atom. The summed E-state index contributed by atoms with van der Waals surface area (Å²) in [4.78, 5) is 24.9. The summed E-state index contributed by atoms with van der Waals surface area (Å²) in [7, 11) is 0.